The Balaban J connectivity index is 1.41. The Hall–Kier alpha value is -2.63. The van der Waals surface area contributed by atoms with Crippen LogP contribution in [-0.4, -0.2) is 15.0 Å². The van der Waals surface area contributed by atoms with Gasteiger partial charge in [0.2, 0.25) is 0 Å². The van der Waals surface area contributed by atoms with Crippen LogP contribution < -0.4 is 5.32 Å². The van der Waals surface area contributed by atoms with E-state index in [2.05, 4.69) is 44.5 Å². The van der Waals surface area contributed by atoms with E-state index in [-0.39, 0.29) is 0 Å². The Morgan fingerprint density at radius 3 is 2.68 bits per heavy atom. The first kappa shape index (κ1) is 15.9. The summed E-state index contributed by atoms with van der Waals surface area (Å²) in [6.45, 7) is 0.721. The van der Waals surface area contributed by atoms with Gasteiger partial charge in [-0.2, -0.15) is 0 Å². The highest BCUT2D eigenvalue weighted by Crippen LogP contribution is 2.20. The number of hydrogen-bond acceptors (Lipinski definition) is 4. The zero-order valence-corrected chi connectivity index (χ0v) is 14.8. The molecular weight excluding hydrogens is 352 g/mol. The molecule has 0 unspecified atom stereocenters. The van der Waals surface area contributed by atoms with Gasteiger partial charge in [-0.05, 0) is 35.9 Å². The number of nitrogens with one attached hydrogen (secondary N) is 2. The molecule has 2 N–H and O–H groups in total. The SMILES string of the molecule is Clc1ncc(CNc2ccc(C=Cc3nc4ccccc4[nH]3)cc2)s1. The maximum absolute atomic E-state index is 5.84. The lowest BCUT2D eigenvalue weighted by Gasteiger charge is -2.04. The molecule has 2 aromatic heterocycles. The number of aromatic amines is 1. The van der Waals surface area contributed by atoms with Crippen molar-refractivity contribution in [3.8, 4) is 0 Å². The average Bonchev–Trinajstić information content (AvgIpc) is 3.24. The lowest BCUT2D eigenvalue weighted by atomic mass is 10.2. The number of benzene rings is 2. The summed E-state index contributed by atoms with van der Waals surface area (Å²) in [5.41, 5.74) is 4.20. The molecule has 0 radical (unpaired) electrons. The molecular formula is C19H15ClN4S. The maximum atomic E-state index is 5.84. The molecule has 0 amide bonds. The summed E-state index contributed by atoms with van der Waals surface area (Å²) in [5, 5.41) is 3.36. The van der Waals surface area contributed by atoms with Gasteiger partial charge < -0.3 is 10.3 Å². The Labute approximate surface area is 154 Å². The summed E-state index contributed by atoms with van der Waals surface area (Å²) in [6.07, 6.45) is 5.83. The molecule has 0 aliphatic carbocycles. The van der Waals surface area contributed by atoms with Crippen molar-refractivity contribution in [3.05, 3.63) is 75.5 Å². The molecule has 0 saturated carbocycles. The predicted molar refractivity (Wildman–Crippen MR) is 106 cm³/mol. The zero-order valence-electron chi connectivity index (χ0n) is 13.2. The summed E-state index contributed by atoms with van der Waals surface area (Å²) >= 11 is 7.33. The number of H-pyrrole nitrogens is 1. The molecule has 2 heterocycles. The third kappa shape index (κ3) is 3.90. The fourth-order valence-corrected chi connectivity index (χ4v) is 3.41. The van der Waals surface area contributed by atoms with Crippen LogP contribution >= 0.6 is 22.9 Å². The van der Waals surface area contributed by atoms with Gasteiger partial charge in [-0.25, -0.2) is 9.97 Å². The smallest absolute Gasteiger partial charge is 0.183 e. The lowest BCUT2D eigenvalue weighted by Crippen LogP contribution is -1.96. The van der Waals surface area contributed by atoms with Gasteiger partial charge in [-0.1, -0.05) is 41.9 Å². The van der Waals surface area contributed by atoms with Crippen LogP contribution in [0.2, 0.25) is 4.47 Å². The maximum Gasteiger partial charge on any atom is 0.183 e. The van der Waals surface area contributed by atoms with E-state index >= 15 is 0 Å². The number of halogens is 1. The number of nitrogens with zero attached hydrogens (tertiary/aromatic N) is 2. The molecule has 25 heavy (non-hydrogen) atoms. The molecule has 0 spiro atoms. The van der Waals surface area contributed by atoms with Crippen molar-refractivity contribution in [2.24, 2.45) is 0 Å². The molecule has 0 atom stereocenters. The first-order chi connectivity index (χ1) is 12.3. The van der Waals surface area contributed by atoms with Crippen molar-refractivity contribution in [1.82, 2.24) is 15.0 Å². The third-order valence-electron chi connectivity index (χ3n) is 3.74. The Bertz CT molecular complexity index is 984. The number of anilines is 1. The second-order valence-electron chi connectivity index (χ2n) is 5.53. The molecule has 4 nitrogen and oxygen atoms in total. The van der Waals surface area contributed by atoms with Crippen LogP contribution in [0.15, 0.2) is 54.7 Å². The van der Waals surface area contributed by atoms with Crippen LogP contribution in [0.3, 0.4) is 0 Å². The topological polar surface area (TPSA) is 53.6 Å². The number of rotatable bonds is 5. The van der Waals surface area contributed by atoms with Gasteiger partial charge in [0.15, 0.2) is 4.47 Å². The Morgan fingerprint density at radius 2 is 1.92 bits per heavy atom. The molecule has 0 fully saturated rings. The monoisotopic (exact) mass is 366 g/mol. The summed E-state index contributed by atoms with van der Waals surface area (Å²) in [7, 11) is 0. The fraction of sp³-hybridized carbons (Fsp3) is 0.0526. The van der Waals surface area contributed by atoms with Crippen LogP contribution in [-0.2, 0) is 6.54 Å². The number of hydrogen-bond donors (Lipinski definition) is 2. The lowest BCUT2D eigenvalue weighted by molar-refractivity contribution is 1.17. The van der Waals surface area contributed by atoms with E-state index in [1.54, 1.807) is 6.20 Å². The van der Waals surface area contributed by atoms with E-state index in [1.165, 1.54) is 11.3 Å². The third-order valence-corrected chi connectivity index (χ3v) is 4.86. The highest BCUT2D eigenvalue weighted by molar-refractivity contribution is 7.15. The number of thiazole rings is 1. The predicted octanol–water partition coefficient (Wildman–Crippen LogP) is 5.46. The molecule has 6 heteroatoms. The number of para-hydroxylation sites is 2. The second kappa shape index (κ2) is 7.09. The van der Waals surface area contributed by atoms with Crippen LogP contribution in [0.5, 0.6) is 0 Å². The summed E-state index contributed by atoms with van der Waals surface area (Å²) < 4.78 is 0.572. The number of fused-ring (bicyclic) bond motifs is 1. The van der Waals surface area contributed by atoms with Crippen molar-refractivity contribution in [3.63, 3.8) is 0 Å². The Morgan fingerprint density at radius 1 is 1.08 bits per heavy atom. The fourth-order valence-electron chi connectivity index (χ4n) is 2.49. The minimum atomic E-state index is 0.572. The molecule has 2 aromatic carbocycles. The van der Waals surface area contributed by atoms with Crippen LogP contribution in [0.25, 0.3) is 23.2 Å². The van der Waals surface area contributed by atoms with Crippen molar-refractivity contribution in [2.45, 2.75) is 6.54 Å². The molecule has 0 saturated heterocycles. The van der Waals surface area contributed by atoms with Gasteiger partial charge in [0.1, 0.15) is 5.82 Å². The largest absolute Gasteiger partial charge is 0.380 e. The first-order valence-corrected chi connectivity index (χ1v) is 9.03. The van der Waals surface area contributed by atoms with Gasteiger partial charge in [-0.15, -0.1) is 11.3 Å². The van der Waals surface area contributed by atoms with Gasteiger partial charge in [0, 0.05) is 16.8 Å². The van der Waals surface area contributed by atoms with E-state index < -0.39 is 0 Å². The van der Waals surface area contributed by atoms with Crippen molar-refractivity contribution >= 4 is 51.8 Å². The normalized spacial score (nSPS) is 11.4. The second-order valence-corrected chi connectivity index (χ2v) is 7.22. The minimum absolute atomic E-state index is 0.572. The number of aromatic nitrogens is 3. The van der Waals surface area contributed by atoms with Crippen LogP contribution in [0.4, 0.5) is 5.69 Å². The summed E-state index contributed by atoms with van der Waals surface area (Å²) in [5.74, 6) is 0.852. The molecule has 0 aliphatic rings. The molecule has 4 aromatic rings. The zero-order chi connectivity index (χ0) is 17.1. The molecule has 124 valence electrons. The van der Waals surface area contributed by atoms with E-state index in [9.17, 15) is 0 Å². The number of imidazole rings is 1. The highest BCUT2D eigenvalue weighted by Gasteiger charge is 2.00. The van der Waals surface area contributed by atoms with Crippen molar-refractivity contribution in [1.29, 1.82) is 0 Å². The van der Waals surface area contributed by atoms with Gasteiger partial charge in [-0.3, -0.25) is 0 Å². The first-order valence-electron chi connectivity index (χ1n) is 7.83. The highest BCUT2D eigenvalue weighted by atomic mass is 35.5. The molecule has 0 bridgehead atoms. The minimum Gasteiger partial charge on any atom is -0.380 e. The van der Waals surface area contributed by atoms with E-state index in [0.29, 0.717) is 4.47 Å². The molecule has 0 aliphatic heterocycles. The van der Waals surface area contributed by atoms with E-state index in [1.807, 2.05) is 36.4 Å². The van der Waals surface area contributed by atoms with Crippen molar-refractivity contribution < 1.29 is 0 Å². The van der Waals surface area contributed by atoms with E-state index in [4.69, 9.17) is 11.6 Å². The van der Waals surface area contributed by atoms with Crippen LogP contribution in [0, 0.1) is 0 Å². The van der Waals surface area contributed by atoms with Gasteiger partial charge in [0.25, 0.3) is 0 Å². The van der Waals surface area contributed by atoms with Gasteiger partial charge >= 0.3 is 0 Å². The summed E-state index contributed by atoms with van der Waals surface area (Å²) in [4.78, 5) is 13.0. The molecule has 4 rings (SSSR count). The standard InChI is InChI=1S/C19H15ClN4S/c20-19-22-12-15(25-19)11-21-14-8-5-13(6-9-14)7-10-18-23-16-3-1-2-4-17(16)24-18/h1-10,12,21H,11H2,(H,23,24). The van der Waals surface area contributed by atoms with Gasteiger partial charge in [0.05, 0.1) is 17.6 Å². The quantitative estimate of drug-likeness (QED) is 0.493. The average molecular weight is 367 g/mol. The summed E-state index contributed by atoms with van der Waals surface area (Å²) in [6, 6.07) is 16.3. The van der Waals surface area contributed by atoms with Crippen molar-refractivity contribution in [2.75, 3.05) is 5.32 Å². The Kier molecular flexibility index (Phi) is 4.50. The van der Waals surface area contributed by atoms with Crippen LogP contribution in [0.1, 0.15) is 16.3 Å². The van der Waals surface area contributed by atoms with E-state index in [0.717, 1.165) is 39.5 Å².